The Bertz CT molecular complexity index is 624. The SMILES string of the molecule is COc1ccccc1Oc1ncc(CNC2CC2)cc1C. The van der Waals surface area contributed by atoms with Crippen LogP contribution in [-0.4, -0.2) is 18.1 Å². The third-order valence-corrected chi connectivity index (χ3v) is 3.53. The van der Waals surface area contributed by atoms with Gasteiger partial charge in [0.15, 0.2) is 11.5 Å². The summed E-state index contributed by atoms with van der Waals surface area (Å²) >= 11 is 0. The van der Waals surface area contributed by atoms with E-state index in [1.807, 2.05) is 37.4 Å². The molecule has 0 unspecified atom stereocenters. The first-order chi connectivity index (χ1) is 10.3. The van der Waals surface area contributed by atoms with Gasteiger partial charge in [-0.05, 0) is 43.5 Å². The summed E-state index contributed by atoms with van der Waals surface area (Å²) in [7, 11) is 1.63. The zero-order valence-corrected chi connectivity index (χ0v) is 12.4. The number of rotatable bonds is 6. The first-order valence-electron chi connectivity index (χ1n) is 7.26. The summed E-state index contributed by atoms with van der Waals surface area (Å²) in [6.07, 6.45) is 4.45. The number of para-hydroxylation sites is 2. The molecule has 2 aromatic rings. The summed E-state index contributed by atoms with van der Waals surface area (Å²) in [5.74, 6) is 2.01. The highest BCUT2D eigenvalue weighted by Gasteiger charge is 2.20. The predicted molar refractivity (Wildman–Crippen MR) is 81.9 cm³/mol. The quantitative estimate of drug-likeness (QED) is 0.882. The fraction of sp³-hybridized carbons (Fsp3) is 0.353. The van der Waals surface area contributed by atoms with Crippen molar-refractivity contribution in [3.63, 3.8) is 0 Å². The molecule has 1 fully saturated rings. The van der Waals surface area contributed by atoms with Gasteiger partial charge in [0.25, 0.3) is 0 Å². The van der Waals surface area contributed by atoms with Gasteiger partial charge in [0, 0.05) is 24.3 Å². The average molecular weight is 284 g/mol. The van der Waals surface area contributed by atoms with E-state index >= 15 is 0 Å². The van der Waals surface area contributed by atoms with Crippen LogP contribution in [0, 0.1) is 6.92 Å². The monoisotopic (exact) mass is 284 g/mol. The zero-order chi connectivity index (χ0) is 14.7. The molecule has 1 aromatic heterocycles. The van der Waals surface area contributed by atoms with Crippen LogP contribution in [0.3, 0.4) is 0 Å². The maximum Gasteiger partial charge on any atom is 0.222 e. The van der Waals surface area contributed by atoms with E-state index in [1.54, 1.807) is 7.11 Å². The van der Waals surface area contributed by atoms with Crippen LogP contribution in [0.4, 0.5) is 0 Å². The summed E-state index contributed by atoms with van der Waals surface area (Å²) in [6, 6.07) is 10.4. The number of pyridine rings is 1. The van der Waals surface area contributed by atoms with E-state index in [0.29, 0.717) is 23.4 Å². The molecule has 1 aliphatic rings. The molecule has 0 amide bonds. The fourth-order valence-electron chi connectivity index (χ4n) is 2.18. The summed E-state index contributed by atoms with van der Waals surface area (Å²) in [6.45, 7) is 2.88. The highest BCUT2D eigenvalue weighted by Crippen LogP contribution is 2.31. The lowest BCUT2D eigenvalue weighted by Gasteiger charge is -2.12. The smallest absolute Gasteiger partial charge is 0.222 e. The van der Waals surface area contributed by atoms with Crippen molar-refractivity contribution in [1.82, 2.24) is 10.3 Å². The maximum absolute atomic E-state index is 5.87. The van der Waals surface area contributed by atoms with Crippen molar-refractivity contribution in [2.75, 3.05) is 7.11 Å². The van der Waals surface area contributed by atoms with Gasteiger partial charge in [-0.15, -0.1) is 0 Å². The highest BCUT2D eigenvalue weighted by molar-refractivity contribution is 5.43. The topological polar surface area (TPSA) is 43.4 Å². The second kappa shape index (κ2) is 6.14. The van der Waals surface area contributed by atoms with Crippen molar-refractivity contribution in [2.45, 2.75) is 32.4 Å². The van der Waals surface area contributed by atoms with Crippen LogP contribution in [0.15, 0.2) is 36.5 Å². The number of aryl methyl sites for hydroxylation is 1. The van der Waals surface area contributed by atoms with Crippen LogP contribution < -0.4 is 14.8 Å². The molecule has 4 nitrogen and oxygen atoms in total. The number of benzene rings is 1. The van der Waals surface area contributed by atoms with E-state index in [0.717, 1.165) is 12.1 Å². The van der Waals surface area contributed by atoms with Gasteiger partial charge in [0.1, 0.15) is 0 Å². The molecule has 4 heteroatoms. The standard InChI is InChI=1S/C17H20N2O2/c1-12-9-13(10-18-14-7-8-14)11-19-17(12)21-16-6-4-3-5-15(16)20-2/h3-6,9,11,14,18H,7-8,10H2,1-2H3. The van der Waals surface area contributed by atoms with Crippen LogP contribution in [0.2, 0.25) is 0 Å². The number of methoxy groups -OCH3 is 1. The molecular formula is C17H20N2O2. The normalized spacial score (nSPS) is 14.0. The van der Waals surface area contributed by atoms with Gasteiger partial charge in [0.05, 0.1) is 7.11 Å². The minimum absolute atomic E-state index is 0.620. The molecule has 110 valence electrons. The second-order valence-corrected chi connectivity index (χ2v) is 5.37. The van der Waals surface area contributed by atoms with Crippen molar-refractivity contribution in [1.29, 1.82) is 0 Å². The van der Waals surface area contributed by atoms with Gasteiger partial charge in [-0.3, -0.25) is 0 Å². The number of hydrogen-bond donors (Lipinski definition) is 1. The van der Waals surface area contributed by atoms with Gasteiger partial charge >= 0.3 is 0 Å². The lowest BCUT2D eigenvalue weighted by Crippen LogP contribution is -2.15. The van der Waals surface area contributed by atoms with Crippen molar-refractivity contribution < 1.29 is 9.47 Å². The Morgan fingerprint density at radius 1 is 1.24 bits per heavy atom. The van der Waals surface area contributed by atoms with E-state index in [2.05, 4.69) is 16.4 Å². The Hall–Kier alpha value is -2.07. The second-order valence-electron chi connectivity index (χ2n) is 5.37. The largest absolute Gasteiger partial charge is 0.493 e. The first-order valence-corrected chi connectivity index (χ1v) is 7.26. The van der Waals surface area contributed by atoms with Crippen molar-refractivity contribution in [3.05, 3.63) is 47.7 Å². The van der Waals surface area contributed by atoms with Crippen LogP contribution in [0.1, 0.15) is 24.0 Å². The molecular weight excluding hydrogens is 264 g/mol. The van der Waals surface area contributed by atoms with Crippen LogP contribution in [0.25, 0.3) is 0 Å². The zero-order valence-electron chi connectivity index (χ0n) is 12.4. The summed E-state index contributed by atoms with van der Waals surface area (Å²) in [5.41, 5.74) is 2.21. The molecule has 1 aliphatic carbocycles. The van der Waals surface area contributed by atoms with Crippen molar-refractivity contribution in [2.24, 2.45) is 0 Å². The minimum atomic E-state index is 0.620. The molecule has 3 rings (SSSR count). The first kappa shape index (κ1) is 13.9. The highest BCUT2D eigenvalue weighted by atomic mass is 16.5. The van der Waals surface area contributed by atoms with Crippen molar-refractivity contribution in [3.8, 4) is 17.4 Å². The number of ether oxygens (including phenoxy) is 2. The van der Waals surface area contributed by atoms with Crippen LogP contribution in [-0.2, 0) is 6.54 Å². The lowest BCUT2D eigenvalue weighted by atomic mass is 10.2. The maximum atomic E-state index is 5.87. The molecule has 1 saturated carbocycles. The predicted octanol–water partition coefficient (Wildman–Crippen LogP) is 3.44. The minimum Gasteiger partial charge on any atom is -0.493 e. The molecule has 0 aliphatic heterocycles. The molecule has 21 heavy (non-hydrogen) atoms. The molecule has 0 bridgehead atoms. The van der Waals surface area contributed by atoms with Gasteiger partial charge in [-0.2, -0.15) is 0 Å². The Labute approximate surface area is 125 Å². The van der Waals surface area contributed by atoms with Gasteiger partial charge in [0.2, 0.25) is 5.88 Å². The Balaban J connectivity index is 1.72. The van der Waals surface area contributed by atoms with Gasteiger partial charge in [-0.1, -0.05) is 12.1 Å². The van der Waals surface area contributed by atoms with E-state index in [4.69, 9.17) is 9.47 Å². The van der Waals surface area contributed by atoms with E-state index < -0.39 is 0 Å². The Kier molecular flexibility index (Phi) is 4.06. The number of aromatic nitrogens is 1. The number of nitrogens with zero attached hydrogens (tertiary/aromatic N) is 1. The lowest BCUT2D eigenvalue weighted by molar-refractivity contribution is 0.373. The molecule has 0 radical (unpaired) electrons. The van der Waals surface area contributed by atoms with Crippen LogP contribution >= 0.6 is 0 Å². The van der Waals surface area contributed by atoms with E-state index in [1.165, 1.54) is 18.4 Å². The summed E-state index contributed by atoms with van der Waals surface area (Å²) in [5, 5.41) is 3.49. The third-order valence-electron chi connectivity index (χ3n) is 3.53. The Morgan fingerprint density at radius 2 is 2.00 bits per heavy atom. The van der Waals surface area contributed by atoms with Gasteiger partial charge < -0.3 is 14.8 Å². The van der Waals surface area contributed by atoms with Gasteiger partial charge in [-0.25, -0.2) is 4.98 Å². The average Bonchev–Trinajstić information content (AvgIpc) is 3.32. The van der Waals surface area contributed by atoms with E-state index in [9.17, 15) is 0 Å². The molecule has 1 aromatic carbocycles. The number of nitrogens with one attached hydrogen (secondary N) is 1. The van der Waals surface area contributed by atoms with Crippen molar-refractivity contribution >= 4 is 0 Å². The molecule has 1 N–H and O–H groups in total. The molecule has 1 heterocycles. The Morgan fingerprint density at radius 3 is 2.67 bits per heavy atom. The third kappa shape index (κ3) is 3.52. The fourth-order valence-corrected chi connectivity index (χ4v) is 2.18. The van der Waals surface area contributed by atoms with E-state index in [-0.39, 0.29) is 0 Å². The number of hydrogen-bond acceptors (Lipinski definition) is 4. The van der Waals surface area contributed by atoms with Crippen LogP contribution in [0.5, 0.6) is 17.4 Å². The molecule has 0 spiro atoms. The summed E-state index contributed by atoms with van der Waals surface area (Å²) in [4.78, 5) is 4.43. The molecule has 0 atom stereocenters. The molecule has 0 saturated heterocycles. The summed E-state index contributed by atoms with van der Waals surface area (Å²) < 4.78 is 11.2.